The fourth-order valence-electron chi connectivity index (χ4n) is 0.147. The van der Waals surface area contributed by atoms with Crippen LogP contribution in [0.15, 0.2) is 11.6 Å². The smallest absolute Gasteiger partial charge is 0.286 e. The van der Waals surface area contributed by atoms with Crippen LogP contribution in [0.2, 0.25) is 0 Å². The molecule has 0 heterocycles. The van der Waals surface area contributed by atoms with Crippen LogP contribution in [0.5, 0.6) is 0 Å². The fourth-order valence-corrected chi connectivity index (χ4v) is 0.147. The standard InChI is InChI=1S/C5H4O3/c1-4(2-3-6)5(7)8/h2H,1H3/b4-2+. The first-order chi connectivity index (χ1) is 3.68. The Kier molecular flexibility index (Phi) is 2.54. The van der Waals surface area contributed by atoms with E-state index in [0.717, 1.165) is 6.08 Å². The third-order valence-corrected chi connectivity index (χ3v) is 0.597. The van der Waals surface area contributed by atoms with Gasteiger partial charge in [-0.25, -0.2) is 9.90 Å². The summed E-state index contributed by atoms with van der Waals surface area (Å²) in [6, 6.07) is 0. The lowest BCUT2D eigenvalue weighted by Gasteiger charge is -1.78. The topological polar surface area (TPSA) is 54.0 Å². The molecule has 3 heteroatoms. The lowest BCUT2D eigenvalue weighted by atomic mass is 10.3. The van der Waals surface area contributed by atoms with E-state index in [9.17, 15) is 14.7 Å². The second-order valence-electron chi connectivity index (χ2n) is 1.23. The average Bonchev–Trinajstić information content (AvgIpc) is 1.67. The van der Waals surface area contributed by atoms with Crippen molar-refractivity contribution in [3.8, 4) is 0 Å². The summed E-state index contributed by atoms with van der Waals surface area (Å²) in [6.07, 6.45) is 2.13. The third kappa shape index (κ3) is 2.12. The van der Waals surface area contributed by atoms with Gasteiger partial charge in [0, 0.05) is 5.57 Å². The Bertz CT molecular complexity index is 135. The molecule has 0 fully saturated rings. The maximum Gasteiger partial charge on any atom is 0.382 e. The minimum absolute atomic E-state index is 0.111. The van der Waals surface area contributed by atoms with Crippen LogP contribution in [0.1, 0.15) is 6.92 Å². The van der Waals surface area contributed by atoms with Crippen LogP contribution in [-0.2, 0) is 14.7 Å². The molecule has 0 aromatic carbocycles. The summed E-state index contributed by atoms with van der Waals surface area (Å²) in [4.78, 5) is 19.2. The molecule has 8 heavy (non-hydrogen) atoms. The minimum Gasteiger partial charge on any atom is -0.286 e. The Balaban J connectivity index is 3.99. The second kappa shape index (κ2) is 2.96. The Morgan fingerprint density at radius 3 is 2.25 bits per heavy atom. The van der Waals surface area contributed by atoms with Crippen molar-refractivity contribution in [2.24, 2.45) is 0 Å². The highest BCUT2D eigenvalue weighted by molar-refractivity contribution is 5.90. The summed E-state index contributed by atoms with van der Waals surface area (Å²) in [5.74, 6) is -1.34. The summed E-state index contributed by atoms with van der Waals surface area (Å²) in [5, 5.41) is 9.73. The molecule has 0 rings (SSSR count). The average molecular weight is 112 g/mol. The van der Waals surface area contributed by atoms with Gasteiger partial charge in [-0.2, -0.15) is 0 Å². The minimum atomic E-state index is -1.34. The van der Waals surface area contributed by atoms with Gasteiger partial charge in [-0.1, -0.05) is 0 Å². The summed E-state index contributed by atoms with van der Waals surface area (Å²) >= 11 is 0. The summed E-state index contributed by atoms with van der Waals surface area (Å²) in [6.45, 7) is 1.26. The van der Waals surface area contributed by atoms with Crippen molar-refractivity contribution < 1.29 is 14.7 Å². The van der Waals surface area contributed by atoms with Gasteiger partial charge in [-0.05, 0) is 13.0 Å². The first kappa shape index (κ1) is 6.88. The van der Waals surface area contributed by atoms with E-state index >= 15 is 0 Å². The molecule has 0 atom stereocenters. The molecule has 0 bridgehead atoms. The van der Waals surface area contributed by atoms with Crippen LogP contribution in [-0.4, -0.2) is 12.3 Å². The Morgan fingerprint density at radius 1 is 1.62 bits per heavy atom. The lowest BCUT2D eigenvalue weighted by molar-refractivity contribution is -0.138. The number of carbonyl (C=O) groups is 1. The molecule has 2 radical (unpaired) electrons. The monoisotopic (exact) mass is 112 g/mol. The van der Waals surface area contributed by atoms with Crippen LogP contribution in [0.3, 0.4) is 0 Å². The van der Waals surface area contributed by atoms with E-state index < -0.39 is 5.97 Å². The van der Waals surface area contributed by atoms with Gasteiger partial charge in [-0.15, -0.1) is 0 Å². The van der Waals surface area contributed by atoms with Crippen molar-refractivity contribution in [2.45, 2.75) is 6.92 Å². The van der Waals surface area contributed by atoms with Crippen molar-refractivity contribution in [1.29, 1.82) is 0 Å². The molecule has 0 aliphatic heterocycles. The summed E-state index contributed by atoms with van der Waals surface area (Å²) in [5.41, 5.74) is -0.111. The molecule has 0 aliphatic rings. The van der Waals surface area contributed by atoms with E-state index in [4.69, 9.17) is 0 Å². The molecule has 42 valence electrons. The molecule has 0 N–H and O–H groups in total. The normalized spacial score (nSPS) is 10.9. The molecule has 0 aromatic heterocycles. The van der Waals surface area contributed by atoms with Crippen LogP contribution in [0, 0.1) is 0 Å². The van der Waals surface area contributed by atoms with Gasteiger partial charge in [0.25, 0.3) is 0 Å². The largest absolute Gasteiger partial charge is 0.382 e. The molecule has 0 spiro atoms. The molecular weight excluding hydrogens is 108 g/mol. The van der Waals surface area contributed by atoms with Crippen LogP contribution < -0.4 is 0 Å². The van der Waals surface area contributed by atoms with Gasteiger partial charge < -0.3 is 0 Å². The van der Waals surface area contributed by atoms with Crippen molar-refractivity contribution in [3.63, 3.8) is 0 Å². The van der Waals surface area contributed by atoms with Crippen LogP contribution >= 0.6 is 0 Å². The van der Waals surface area contributed by atoms with E-state index in [2.05, 4.69) is 0 Å². The molecule has 0 saturated heterocycles. The number of hydrogen-bond donors (Lipinski definition) is 0. The number of carbonyl (C=O) groups excluding carboxylic acids is 2. The van der Waals surface area contributed by atoms with Gasteiger partial charge >= 0.3 is 5.97 Å². The van der Waals surface area contributed by atoms with Gasteiger partial charge in [-0.3, -0.25) is 4.79 Å². The summed E-state index contributed by atoms with van der Waals surface area (Å²) in [7, 11) is 0. The van der Waals surface area contributed by atoms with Crippen molar-refractivity contribution in [1.82, 2.24) is 0 Å². The maximum absolute atomic E-state index is 9.73. The first-order valence-corrected chi connectivity index (χ1v) is 1.94. The molecule has 0 aromatic rings. The van der Waals surface area contributed by atoms with Gasteiger partial charge in [0.15, 0.2) is 0 Å². The van der Waals surface area contributed by atoms with E-state index in [0.29, 0.717) is 0 Å². The number of hydrogen-bond acceptors (Lipinski definition) is 2. The fraction of sp³-hybridized carbons (Fsp3) is 0.200. The zero-order chi connectivity index (χ0) is 6.57. The molecule has 0 amide bonds. The molecular formula is C5H4O3. The quantitative estimate of drug-likeness (QED) is 0.472. The van der Waals surface area contributed by atoms with Crippen LogP contribution in [0.4, 0.5) is 0 Å². The van der Waals surface area contributed by atoms with E-state index in [1.54, 1.807) is 0 Å². The predicted molar refractivity (Wildman–Crippen MR) is 25.1 cm³/mol. The number of rotatable bonds is 2. The first-order valence-electron chi connectivity index (χ1n) is 1.94. The molecule has 0 saturated carbocycles. The Labute approximate surface area is 46.6 Å². The van der Waals surface area contributed by atoms with Gasteiger partial charge in [0.05, 0.1) is 0 Å². The van der Waals surface area contributed by atoms with Gasteiger partial charge in [0.1, 0.15) is 0 Å². The molecule has 0 unspecified atom stereocenters. The molecule has 3 nitrogen and oxygen atoms in total. The zero-order valence-electron chi connectivity index (χ0n) is 4.30. The Morgan fingerprint density at radius 2 is 2.12 bits per heavy atom. The highest BCUT2D eigenvalue weighted by Gasteiger charge is 1.99. The van der Waals surface area contributed by atoms with Crippen molar-refractivity contribution in [2.75, 3.05) is 0 Å². The lowest BCUT2D eigenvalue weighted by Crippen LogP contribution is -1.93. The number of allylic oxidation sites excluding steroid dienone is 1. The van der Waals surface area contributed by atoms with Crippen molar-refractivity contribution in [3.05, 3.63) is 11.6 Å². The molecule has 0 aliphatic carbocycles. The summed E-state index contributed by atoms with van der Waals surface area (Å²) < 4.78 is 0. The highest BCUT2D eigenvalue weighted by atomic mass is 16.4. The second-order valence-corrected chi connectivity index (χ2v) is 1.23. The maximum atomic E-state index is 9.73. The SMILES string of the molecule is C/C(=C\[C]=O)C([O])=O. The van der Waals surface area contributed by atoms with Crippen molar-refractivity contribution >= 4 is 12.3 Å². The van der Waals surface area contributed by atoms with Crippen LogP contribution in [0.25, 0.3) is 0 Å². The van der Waals surface area contributed by atoms with E-state index in [1.165, 1.54) is 13.2 Å². The zero-order valence-corrected chi connectivity index (χ0v) is 4.30. The van der Waals surface area contributed by atoms with E-state index in [-0.39, 0.29) is 5.57 Å². The third-order valence-electron chi connectivity index (χ3n) is 0.597. The predicted octanol–water partition coefficient (Wildman–Crippen LogP) is -0.000500. The Hall–Kier alpha value is -1.12. The van der Waals surface area contributed by atoms with E-state index in [1.807, 2.05) is 0 Å². The highest BCUT2D eigenvalue weighted by Crippen LogP contribution is 1.87. The van der Waals surface area contributed by atoms with Gasteiger partial charge in [0.2, 0.25) is 6.29 Å².